The van der Waals surface area contributed by atoms with Gasteiger partial charge in [0.2, 0.25) is 0 Å². The third-order valence-corrected chi connectivity index (χ3v) is 1.68. The van der Waals surface area contributed by atoms with Crippen LogP contribution in [-0.2, 0) is 0 Å². The van der Waals surface area contributed by atoms with Gasteiger partial charge in [0.05, 0.1) is 23.1 Å². The molecule has 0 aromatic carbocycles. The average molecular weight is 202 g/mol. The maximum atomic E-state index is 12.9. The van der Waals surface area contributed by atoms with Gasteiger partial charge < -0.3 is 0 Å². The Morgan fingerprint density at radius 2 is 1.86 bits per heavy atom. The molecule has 0 aromatic heterocycles. The van der Waals surface area contributed by atoms with E-state index in [9.17, 15) is 17.6 Å². The Balaban J connectivity index is 3.27. The molecule has 0 amide bonds. The first-order valence-electron chi connectivity index (χ1n) is 3.40. The Labute approximate surface area is 76.4 Å². The lowest BCUT2D eigenvalue weighted by atomic mass is 10.0. The second-order valence-electron chi connectivity index (χ2n) is 2.52. The van der Waals surface area contributed by atoms with Gasteiger partial charge in [-0.2, -0.15) is 23.7 Å². The molecule has 1 unspecified atom stereocenters. The number of allylic oxidation sites excluding steroid dienone is 4. The van der Waals surface area contributed by atoms with Crippen LogP contribution in [0.3, 0.4) is 0 Å². The van der Waals surface area contributed by atoms with E-state index in [0.29, 0.717) is 6.08 Å². The molecule has 1 atom stereocenters. The topological polar surface area (TPSA) is 47.6 Å². The van der Waals surface area contributed by atoms with Gasteiger partial charge in [-0.05, 0) is 6.08 Å². The van der Waals surface area contributed by atoms with Crippen molar-refractivity contribution in [3.8, 4) is 12.1 Å². The highest BCUT2D eigenvalue weighted by molar-refractivity contribution is 5.52. The van der Waals surface area contributed by atoms with Crippen molar-refractivity contribution in [2.75, 3.05) is 0 Å². The third kappa shape index (κ3) is 1.47. The SMILES string of the molecule is N#CC1=CC(C#N)C(C(F)(F)F)=C1F. The maximum absolute atomic E-state index is 12.9. The van der Waals surface area contributed by atoms with Crippen molar-refractivity contribution >= 4 is 0 Å². The van der Waals surface area contributed by atoms with Gasteiger partial charge in [-0.15, -0.1) is 0 Å². The number of nitrogens with zero attached hydrogens (tertiary/aromatic N) is 2. The molecule has 1 aliphatic carbocycles. The first kappa shape index (κ1) is 10.3. The summed E-state index contributed by atoms with van der Waals surface area (Å²) in [5.74, 6) is -3.36. The van der Waals surface area contributed by atoms with Gasteiger partial charge in [-0.3, -0.25) is 0 Å². The lowest BCUT2D eigenvalue weighted by Crippen LogP contribution is -2.17. The molecule has 14 heavy (non-hydrogen) atoms. The van der Waals surface area contributed by atoms with Crippen LogP contribution in [0, 0.1) is 28.6 Å². The van der Waals surface area contributed by atoms with Crippen LogP contribution in [0.2, 0.25) is 0 Å². The molecule has 0 saturated heterocycles. The summed E-state index contributed by atoms with van der Waals surface area (Å²) in [7, 11) is 0. The van der Waals surface area contributed by atoms with E-state index in [1.807, 2.05) is 0 Å². The zero-order valence-corrected chi connectivity index (χ0v) is 6.56. The smallest absolute Gasteiger partial charge is 0.205 e. The molecule has 0 N–H and O–H groups in total. The summed E-state index contributed by atoms with van der Waals surface area (Å²) in [6.07, 6.45) is -4.25. The van der Waals surface area contributed by atoms with Crippen LogP contribution < -0.4 is 0 Å². The molecule has 0 aliphatic heterocycles. The highest BCUT2D eigenvalue weighted by Crippen LogP contribution is 2.41. The van der Waals surface area contributed by atoms with Gasteiger partial charge >= 0.3 is 6.18 Å². The molecule has 1 rings (SSSR count). The standard InChI is InChI=1S/C8H2F4N2/c9-7-5(3-14)1-4(2-13)6(7)8(10,11)12/h1,4H. The van der Waals surface area contributed by atoms with E-state index >= 15 is 0 Å². The summed E-state index contributed by atoms with van der Waals surface area (Å²) in [6.45, 7) is 0. The van der Waals surface area contributed by atoms with Crippen molar-refractivity contribution in [3.63, 3.8) is 0 Å². The summed E-state index contributed by atoms with van der Waals surface area (Å²) in [4.78, 5) is 0. The van der Waals surface area contributed by atoms with Crippen LogP contribution in [-0.4, -0.2) is 6.18 Å². The fourth-order valence-corrected chi connectivity index (χ4v) is 1.09. The predicted octanol–water partition coefficient (Wildman–Crippen LogP) is 2.38. The summed E-state index contributed by atoms with van der Waals surface area (Å²) < 4.78 is 49.4. The molecule has 0 radical (unpaired) electrons. The van der Waals surface area contributed by atoms with E-state index in [2.05, 4.69) is 0 Å². The highest BCUT2D eigenvalue weighted by Gasteiger charge is 2.45. The molecule has 0 fully saturated rings. The van der Waals surface area contributed by atoms with E-state index in [-0.39, 0.29) is 0 Å². The molecule has 1 aliphatic rings. The van der Waals surface area contributed by atoms with Gasteiger partial charge in [0.25, 0.3) is 0 Å². The lowest BCUT2D eigenvalue weighted by Gasteiger charge is -2.09. The van der Waals surface area contributed by atoms with Crippen molar-refractivity contribution in [1.82, 2.24) is 0 Å². The molecule has 0 saturated carbocycles. The van der Waals surface area contributed by atoms with Crippen LogP contribution in [0.25, 0.3) is 0 Å². The molecule has 72 valence electrons. The van der Waals surface area contributed by atoms with E-state index in [1.165, 1.54) is 12.1 Å². The van der Waals surface area contributed by atoms with Gasteiger partial charge in [-0.25, -0.2) is 4.39 Å². The van der Waals surface area contributed by atoms with Crippen molar-refractivity contribution in [2.24, 2.45) is 5.92 Å². The molecule has 0 bridgehead atoms. The van der Waals surface area contributed by atoms with Crippen molar-refractivity contribution in [3.05, 3.63) is 23.0 Å². The van der Waals surface area contributed by atoms with E-state index in [1.54, 1.807) is 0 Å². The lowest BCUT2D eigenvalue weighted by molar-refractivity contribution is -0.0966. The second-order valence-corrected chi connectivity index (χ2v) is 2.52. The molecule has 0 spiro atoms. The molecule has 0 heterocycles. The number of alkyl halides is 3. The van der Waals surface area contributed by atoms with Crippen LogP contribution >= 0.6 is 0 Å². The van der Waals surface area contributed by atoms with Gasteiger partial charge in [0.15, 0.2) is 5.83 Å². The van der Waals surface area contributed by atoms with E-state index in [4.69, 9.17) is 10.5 Å². The van der Waals surface area contributed by atoms with Crippen molar-refractivity contribution in [1.29, 1.82) is 10.5 Å². The van der Waals surface area contributed by atoms with Gasteiger partial charge in [0.1, 0.15) is 6.07 Å². The quantitative estimate of drug-likeness (QED) is 0.566. The molecule has 6 heteroatoms. The Morgan fingerprint density at radius 1 is 1.29 bits per heavy atom. The molecule has 2 nitrogen and oxygen atoms in total. The molecule has 0 aromatic rings. The fourth-order valence-electron chi connectivity index (χ4n) is 1.09. The minimum atomic E-state index is -4.92. The van der Waals surface area contributed by atoms with Crippen molar-refractivity contribution in [2.45, 2.75) is 6.18 Å². The Morgan fingerprint density at radius 3 is 2.14 bits per heavy atom. The summed E-state index contributed by atoms with van der Waals surface area (Å²) in [6, 6.07) is 2.53. The second kappa shape index (κ2) is 3.15. The zero-order chi connectivity index (χ0) is 10.9. The first-order valence-corrected chi connectivity index (χ1v) is 3.40. The van der Waals surface area contributed by atoms with E-state index in [0.717, 1.165) is 0 Å². The zero-order valence-electron chi connectivity index (χ0n) is 6.56. The summed E-state index contributed by atoms with van der Waals surface area (Å²) in [5.41, 5.74) is -2.32. The minimum Gasteiger partial charge on any atom is -0.205 e. The number of nitriles is 2. The number of halogens is 4. The number of hydrogen-bond donors (Lipinski definition) is 0. The third-order valence-electron chi connectivity index (χ3n) is 1.68. The number of hydrogen-bond acceptors (Lipinski definition) is 2. The highest BCUT2D eigenvalue weighted by atomic mass is 19.4. The average Bonchev–Trinajstić information content (AvgIpc) is 2.40. The maximum Gasteiger partial charge on any atom is 0.417 e. The Bertz CT molecular complexity index is 403. The number of rotatable bonds is 0. The summed E-state index contributed by atoms with van der Waals surface area (Å²) in [5, 5.41) is 16.6. The van der Waals surface area contributed by atoms with Crippen molar-refractivity contribution < 1.29 is 17.6 Å². The Hall–Kier alpha value is -1.82. The summed E-state index contributed by atoms with van der Waals surface area (Å²) >= 11 is 0. The largest absolute Gasteiger partial charge is 0.417 e. The first-order chi connectivity index (χ1) is 6.41. The minimum absolute atomic E-state index is 0.665. The van der Waals surface area contributed by atoms with Crippen LogP contribution in [0.15, 0.2) is 23.0 Å². The molecular formula is C8H2F4N2. The van der Waals surface area contributed by atoms with Gasteiger partial charge in [-0.1, -0.05) is 0 Å². The van der Waals surface area contributed by atoms with Crippen LogP contribution in [0.5, 0.6) is 0 Å². The van der Waals surface area contributed by atoms with Crippen LogP contribution in [0.4, 0.5) is 17.6 Å². The van der Waals surface area contributed by atoms with Gasteiger partial charge in [0, 0.05) is 0 Å². The molecular weight excluding hydrogens is 200 g/mol. The monoisotopic (exact) mass is 202 g/mol. The van der Waals surface area contributed by atoms with Crippen LogP contribution in [0.1, 0.15) is 0 Å². The Kier molecular flexibility index (Phi) is 2.31. The predicted molar refractivity (Wildman–Crippen MR) is 37.0 cm³/mol. The normalized spacial score (nSPS) is 21.6. The fraction of sp³-hybridized carbons (Fsp3) is 0.250. The van der Waals surface area contributed by atoms with E-state index < -0.39 is 29.1 Å².